The van der Waals surface area contributed by atoms with E-state index in [1.807, 2.05) is 50.2 Å². The average Bonchev–Trinajstić information content (AvgIpc) is 3.00. The van der Waals surface area contributed by atoms with E-state index in [4.69, 9.17) is 14.9 Å². The lowest BCUT2D eigenvalue weighted by molar-refractivity contribution is 0.620. The molecule has 0 saturated heterocycles. The highest BCUT2D eigenvalue weighted by Gasteiger charge is 2.10. The Morgan fingerprint density at radius 3 is 2.67 bits per heavy atom. The molecule has 1 N–H and O–H groups in total. The number of oxazole rings is 1. The van der Waals surface area contributed by atoms with Gasteiger partial charge in [0.2, 0.25) is 11.6 Å². The highest BCUT2D eigenvalue weighted by Crippen LogP contribution is 2.28. The molecule has 24 heavy (non-hydrogen) atoms. The van der Waals surface area contributed by atoms with Crippen LogP contribution in [0.1, 0.15) is 11.1 Å². The van der Waals surface area contributed by atoms with Crippen LogP contribution >= 0.6 is 0 Å². The monoisotopic (exact) mass is 315 g/mol. The van der Waals surface area contributed by atoms with Gasteiger partial charge in [-0.3, -0.25) is 5.43 Å². The van der Waals surface area contributed by atoms with Crippen molar-refractivity contribution in [1.29, 1.82) is 10.5 Å². The van der Waals surface area contributed by atoms with Gasteiger partial charge in [-0.2, -0.15) is 15.6 Å². The summed E-state index contributed by atoms with van der Waals surface area (Å²) < 4.78 is 5.79. The Balaban J connectivity index is 1.99. The van der Waals surface area contributed by atoms with Gasteiger partial charge in [-0.25, -0.2) is 4.98 Å². The first-order valence-corrected chi connectivity index (χ1v) is 7.23. The fourth-order valence-electron chi connectivity index (χ4n) is 2.23. The summed E-state index contributed by atoms with van der Waals surface area (Å²) in [5.41, 5.74) is 7.52. The Bertz CT molecular complexity index is 1020. The summed E-state index contributed by atoms with van der Waals surface area (Å²) in [7, 11) is 0. The van der Waals surface area contributed by atoms with Crippen LogP contribution in [0.5, 0.6) is 0 Å². The number of hydrazone groups is 1. The van der Waals surface area contributed by atoms with Crippen molar-refractivity contribution >= 4 is 22.5 Å². The fraction of sp³-hybridized carbons (Fsp3) is 0.111. The molecule has 0 radical (unpaired) electrons. The topological polar surface area (TPSA) is 98.0 Å². The number of rotatable bonds is 3. The lowest BCUT2D eigenvalue weighted by Crippen LogP contribution is -1.98. The van der Waals surface area contributed by atoms with Crippen LogP contribution in [0.2, 0.25) is 0 Å². The molecule has 6 heteroatoms. The van der Waals surface area contributed by atoms with Gasteiger partial charge in [-0.05, 0) is 49.2 Å². The molecule has 3 rings (SSSR count). The van der Waals surface area contributed by atoms with E-state index in [0.29, 0.717) is 11.6 Å². The minimum absolute atomic E-state index is 0.239. The van der Waals surface area contributed by atoms with Gasteiger partial charge < -0.3 is 4.42 Å². The van der Waals surface area contributed by atoms with Crippen LogP contribution in [0.3, 0.4) is 0 Å². The number of aryl methyl sites for hydroxylation is 2. The van der Waals surface area contributed by atoms with Gasteiger partial charge in [0.05, 0.1) is 5.69 Å². The highest BCUT2D eigenvalue weighted by molar-refractivity contribution is 6.10. The van der Waals surface area contributed by atoms with Gasteiger partial charge in [0.1, 0.15) is 17.7 Å². The van der Waals surface area contributed by atoms with Crippen LogP contribution in [-0.4, -0.2) is 10.7 Å². The second kappa shape index (κ2) is 6.23. The van der Waals surface area contributed by atoms with Gasteiger partial charge in [0.15, 0.2) is 5.58 Å². The zero-order chi connectivity index (χ0) is 17.1. The predicted octanol–water partition coefficient (Wildman–Crippen LogP) is 3.93. The third kappa shape index (κ3) is 2.94. The number of hydrogen-bond acceptors (Lipinski definition) is 6. The lowest BCUT2D eigenvalue weighted by Gasteiger charge is -2.06. The molecule has 0 aliphatic rings. The molecule has 3 aromatic rings. The highest BCUT2D eigenvalue weighted by atomic mass is 16.3. The third-order valence-electron chi connectivity index (χ3n) is 3.53. The molecule has 6 nitrogen and oxygen atoms in total. The Morgan fingerprint density at radius 2 is 1.92 bits per heavy atom. The van der Waals surface area contributed by atoms with Gasteiger partial charge in [-0.1, -0.05) is 12.1 Å². The van der Waals surface area contributed by atoms with Crippen molar-refractivity contribution in [1.82, 2.24) is 4.98 Å². The molecule has 1 aromatic heterocycles. The molecule has 0 aliphatic carbocycles. The van der Waals surface area contributed by atoms with E-state index in [2.05, 4.69) is 15.5 Å². The number of benzene rings is 2. The molecular formula is C18H13N5O. The molecule has 1 heterocycles. The van der Waals surface area contributed by atoms with E-state index in [1.54, 1.807) is 12.1 Å². The second-order valence-corrected chi connectivity index (χ2v) is 5.32. The summed E-state index contributed by atoms with van der Waals surface area (Å²) in [6.45, 7) is 3.90. The minimum atomic E-state index is -0.239. The molecule has 0 aliphatic heterocycles. The first kappa shape index (κ1) is 15.3. The molecule has 0 amide bonds. The lowest BCUT2D eigenvalue weighted by atomic mass is 10.1. The van der Waals surface area contributed by atoms with Crippen molar-refractivity contribution in [2.24, 2.45) is 5.10 Å². The summed E-state index contributed by atoms with van der Waals surface area (Å²) >= 11 is 0. The van der Waals surface area contributed by atoms with Crippen LogP contribution in [-0.2, 0) is 0 Å². The molecule has 0 spiro atoms. The zero-order valence-electron chi connectivity index (χ0n) is 13.2. The van der Waals surface area contributed by atoms with Gasteiger partial charge >= 0.3 is 0 Å². The molecular weight excluding hydrogens is 302 g/mol. The molecule has 0 atom stereocenters. The van der Waals surface area contributed by atoms with E-state index in [1.165, 1.54) is 0 Å². The van der Waals surface area contributed by atoms with E-state index in [9.17, 15) is 0 Å². The van der Waals surface area contributed by atoms with E-state index < -0.39 is 0 Å². The van der Waals surface area contributed by atoms with Crippen molar-refractivity contribution in [3.8, 4) is 23.6 Å². The van der Waals surface area contributed by atoms with Crippen molar-refractivity contribution in [3.63, 3.8) is 0 Å². The normalized spacial score (nSPS) is 10.0. The molecule has 116 valence electrons. The number of anilines is 1. The second-order valence-electron chi connectivity index (χ2n) is 5.32. The van der Waals surface area contributed by atoms with Crippen molar-refractivity contribution in [2.45, 2.75) is 13.8 Å². The predicted molar refractivity (Wildman–Crippen MR) is 91.2 cm³/mol. The molecule has 2 aromatic carbocycles. The van der Waals surface area contributed by atoms with Crippen molar-refractivity contribution < 1.29 is 4.42 Å². The molecule has 0 fully saturated rings. The summed E-state index contributed by atoms with van der Waals surface area (Å²) in [6.07, 6.45) is 0. The van der Waals surface area contributed by atoms with E-state index in [-0.39, 0.29) is 5.71 Å². The van der Waals surface area contributed by atoms with Gasteiger partial charge in [0, 0.05) is 5.56 Å². The summed E-state index contributed by atoms with van der Waals surface area (Å²) in [6, 6.07) is 14.9. The first-order chi connectivity index (χ1) is 11.6. The first-order valence-electron chi connectivity index (χ1n) is 7.23. The minimum Gasteiger partial charge on any atom is -0.436 e. The number of nitrogens with one attached hydrogen (secondary N) is 1. The average molecular weight is 315 g/mol. The molecule has 0 bridgehead atoms. The summed E-state index contributed by atoms with van der Waals surface area (Å²) in [5.74, 6) is 0.503. The Morgan fingerprint density at radius 1 is 1.12 bits per heavy atom. The fourth-order valence-corrected chi connectivity index (χ4v) is 2.23. The maximum absolute atomic E-state index is 8.74. The van der Waals surface area contributed by atoms with Crippen molar-refractivity contribution in [3.05, 3.63) is 47.5 Å². The Labute approximate surface area is 138 Å². The number of fused-ring (bicyclic) bond motifs is 1. The number of aromatic nitrogens is 1. The summed E-state index contributed by atoms with van der Waals surface area (Å²) in [5, 5.41) is 21.3. The third-order valence-corrected chi connectivity index (χ3v) is 3.53. The zero-order valence-corrected chi connectivity index (χ0v) is 13.2. The van der Waals surface area contributed by atoms with Crippen LogP contribution < -0.4 is 5.43 Å². The summed E-state index contributed by atoms with van der Waals surface area (Å²) in [4.78, 5) is 4.51. The number of hydrogen-bond donors (Lipinski definition) is 1. The quantitative estimate of drug-likeness (QED) is 0.583. The molecule has 0 saturated carbocycles. The number of nitrogens with zero attached hydrogens (tertiary/aromatic N) is 4. The Hall–Kier alpha value is -3.64. The van der Waals surface area contributed by atoms with E-state index in [0.717, 1.165) is 27.8 Å². The molecule has 0 unspecified atom stereocenters. The SMILES string of the molecule is Cc1ccc2oc(-c3ccc(C)c(NN=C(C#N)C#N)c3)nc2c1. The van der Waals surface area contributed by atoms with Crippen LogP contribution in [0.15, 0.2) is 45.9 Å². The van der Waals surface area contributed by atoms with Crippen LogP contribution in [0.4, 0.5) is 5.69 Å². The standard InChI is InChI=1S/C18H13N5O/c1-11-3-6-17-16(7-11)21-18(24-17)13-5-4-12(2)15(8-13)23-22-14(9-19)10-20/h3-8,23H,1-2H3. The van der Waals surface area contributed by atoms with Crippen LogP contribution in [0.25, 0.3) is 22.6 Å². The maximum atomic E-state index is 8.74. The van der Waals surface area contributed by atoms with Crippen molar-refractivity contribution in [2.75, 3.05) is 5.43 Å². The van der Waals surface area contributed by atoms with E-state index >= 15 is 0 Å². The van der Waals surface area contributed by atoms with Gasteiger partial charge in [0.25, 0.3) is 0 Å². The van der Waals surface area contributed by atoms with Crippen LogP contribution in [0, 0.1) is 36.5 Å². The number of nitriles is 2. The Kier molecular flexibility index (Phi) is 3.96. The maximum Gasteiger partial charge on any atom is 0.237 e. The smallest absolute Gasteiger partial charge is 0.237 e. The largest absolute Gasteiger partial charge is 0.436 e. The van der Waals surface area contributed by atoms with Gasteiger partial charge in [-0.15, -0.1) is 0 Å².